The van der Waals surface area contributed by atoms with E-state index in [1.54, 1.807) is 0 Å². The zero-order valence-electron chi connectivity index (χ0n) is 15.4. The molecule has 1 heterocycles. The van der Waals surface area contributed by atoms with Gasteiger partial charge in [0, 0.05) is 51.6 Å². The van der Waals surface area contributed by atoms with Crippen LogP contribution in [0.2, 0.25) is 0 Å². The van der Waals surface area contributed by atoms with E-state index >= 15 is 0 Å². The first-order valence-corrected chi connectivity index (χ1v) is 10.5. The van der Waals surface area contributed by atoms with Crippen molar-refractivity contribution in [3.63, 3.8) is 0 Å². The van der Waals surface area contributed by atoms with Crippen molar-refractivity contribution in [1.82, 2.24) is 15.1 Å². The zero-order chi connectivity index (χ0) is 17.2. The Hall–Kier alpha value is -1.10. The highest BCUT2D eigenvalue weighted by Gasteiger charge is 2.40. The Morgan fingerprint density at radius 2 is 1.76 bits per heavy atom. The molecule has 140 valence electrons. The molecule has 0 unspecified atom stereocenters. The third-order valence-electron chi connectivity index (χ3n) is 7.22. The van der Waals surface area contributed by atoms with E-state index in [0.29, 0.717) is 17.7 Å². The van der Waals surface area contributed by atoms with Crippen LogP contribution < -0.4 is 5.32 Å². The predicted molar refractivity (Wildman–Crippen MR) is 96.9 cm³/mol. The molecule has 4 aliphatic rings. The molecule has 0 aromatic heterocycles. The number of carbonyl (C=O) groups is 2. The van der Waals surface area contributed by atoms with Crippen LogP contribution in [0.3, 0.4) is 0 Å². The summed E-state index contributed by atoms with van der Waals surface area (Å²) in [6.07, 6.45) is 9.56. The summed E-state index contributed by atoms with van der Waals surface area (Å²) in [5.74, 6) is 3.34. The summed E-state index contributed by atoms with van der Waals surface area (Å²) >= 11 is 0. The van der Waals surface area contributed by atoms with E-state index in [1.165, 1.54) is 32.1 Å². The topological polar surface area (TPSA) is 52.7 Å². The maximum Gasteiger partial charge on any atom is 0.225 e. The molecule has 1 N–H and O–H groups in total. The van der Waals surface area contributed by atoms with Gasteiger partial charge >= 0.3 is 0 Å². The second-order valence-electron chi connectivity index (χ2n) is 8.78. The van der Waals surface area contributed by atoms with E-state index in [-0.39, 0.29) is 5.91 Å². The Kier molecular flexibility index (Phi) is 5.30. The first-order valence-electron chi connectivity index (χ1n) is 10.5. The molecule has 0 spiro atoms. The van der Waals surface area contributed by atoms with Gasteiger partial charge in [0.1, 0.15) is 0 Å². The van der Waals surface area contributed by atoms with Crippen molar-refractivity contribution in [3.8, 4) is 0 Å². The normalized spacial score (nSPS) is 32.6. The van der Waals surface area contributed by atoms with Gasteiger partial charge in [-0.15, -0.1) is 0 Å². The molecule has 5 heteroatoms. The lowest BCUT2D eigenvalue weighted by molar-refractivity contribution is -0.139. The van der Waals surface area contributed by atoms with Crippen molar-refractivity contribution in [2.45, 2.75) is 51.4 Å². The molecule has 3 saturated carbocycles. The number of rotatable bonds is 6. The largest absolute Gasteiger partial charge is 0.355 e. The van der Waals surface area contributed by atoms with E-state index in [1.807, 2.05) is 4.90 Å². The van der Waals surface area contributed by atoms with Crippen molar-refractivity contribution in [2.24, 2.45) is 23.7 Å². The Morgan fingerprint density at radius 3 is 2.36 bits per heavy atom. The molecule has 3 atom stereocenters. The van der Waals surface area contributed by atoms with Gasteiger partial charge in [0.05, 0.1) is 0 Å². The second-order valence-corrected chi connectivity index (χ2v) is 8.78. The van der Waals surface area contributed by atoms with Crippen molar-refractivity contribution in [2.75, 3.05) is 39.3 Å². The lowest BCUT2D eigenvalue weighted by Gasteiger charge is -2.38. The maximum atomic E-state index is 12.3. The highest BCUT2D eigenvalue weighted by atomic mass is 16.2. The minimum atomic E-state index is 0.247. The molecule has 1 aliphatic heterocycles. The molecule has 25 heavy (non-hydrogen) atoms. The molecule has 2 bridgehead atoms. The maximum absolute atomic E-state index is 12.3. The molecule has 4 rings (SSSR count). The number of nitrogens with one attached hydrogen (secondary N) is 1. The molecule has 1 saturated heterocycles. The summed E-state index contributed by atoms with van der Waals surface area (Å²) < 4.78 is 0. The summed E-state index contributed by atoms with van der Waals surface area (Å²) in [5.41, 5.74) is 0. The predicted octanol–water partition coefficient (Wildman–Crippen LogP) is 1.87. The van der Waals surface area contributed by atoms with Crippen molar-refractivity contribution in [3.05, 3.63) is 0 Å². The highest BCUT2D eigenvalue weighted by molar-refractivity contribution is 5.79. The molecule has 0 aromatic carbocycles. The third kappa shape index (κ3) is 4.02. The van der Waals surface area contributed by atoms with Gasteiger partial charge in [-0.1, -0.05) is 12.8 Å². The number of amides is 2. The number of carbonyl (C=O) groups excluding carboxylic acids is 2. The van der Waals surface area contributed by atoms with E-state index in [9.17, 15) is 9.59 Å². The standard InChI is InChI=1S/C20H33N3O2/c24-19(14-18-13-15-4-5-17(18)12-15)21-6-7-22-8-10-23(11-9-22)20(25)16-2-1-3-16/h15-18H,1-14H2,(H,21,24)/t15-,17-,18-/m0/s1. The summed E-state index contributed by atoms with van der Waals surface area (Å²) in [5, 5.41) is 3.13. The molecule has 2 amide bonds. The average Bonchev–Trinajstić information content (AvgIpc) is 3.16. The second kappa shape index (κ2) is 7.65. The van der Waals surface area contributed by atoms with Crippen LogP contribution in [-0.4, -0.2) is 60.9 Å². The Labute approximate surface area is 151 Å². The molecule has 3 aliphatic carbocycles. The molecular formula is C20H33N3O2. The van der Waals surface area contributed by atoms with E-state index in [2.05, 4.69) is 10.2 Å². The number of hydrogen-bond acceptors (Lipinski definition) is 3. The number of hydrogen-bond donors (Lipinski definition) is 1. The Morgan fingerprint density at radius 1 is 0.960 bits per heavy atom. The van der Waals surface area contributed by atoms with Crippen LogP contribution in [0.1, 0.15) is 51.4 Å². The SMILES string of the molecule is O=C(C[C@@H]1C[C@H]2CC[C@H]1C2)NCCN1CCN(C(=O)C2CCC2)CC1. The van der Waals surface area contributed by atoms with Crippen molar-refractivity contribution >= 4 is 11.8 Å². The lowest BCUT2D eigenvalue weighted by Crippen LogP contribution is -2.52. The van der Waals surface area contributed by atoms with Gasteiger partial charge in [0.2, 0.25) is 11.8 Å². The third-order valence-corrected chi connectivity index (χ3v) is 7.22. The van der Waals surface area contributed by atoms with Crippen LogP contribution in [0, 0.1) is 23.7 Å². The van der Waals surface area contributed by atoms with Gasteiger partial charge in [-0.25, -0.2) is 0 Å². The van der Waals surface area contributed by atoms with E-state index in [0.717, 1.165) is 70.4 Å². The van der Waals surface area contributed by atoms with Crippen molar-refractivity contribution in [1.29, 1.82) is 0 Å². The van der Waals surface area contributed by atoms with E-state index < -0.39 is 0 Å². The zero-order valence-corrected chi connectivity index (χ0v) is 15.4. The lowest BCUT2D eigenvalue weighted by atomic mass is 9.84. The number of piperazine rings is 1. The summed E-state index contributed by atoms with van der Waals surface area (Å²) in [6.45, 7) is 5.26. The fourth-order valence-corrected chi connectivity index (χ4v) is 5.40. The summed E-state index contributed by atoms with van der Waals surface area (Å²) in [4.78, 5) is 28.9. The van der Waals surface area contributed by atoms with Crippen LogP contribution in [0.4, 0.5) is 0 Å². The fraction of sp³-hybridized carbons (Fsp3) is 0.900. The van der Waals surface area contributed by atoms with Gasteiger partial charge < -0.3 is 10.2 Å². The molecule has 5 nitrogen and oxygen atoms in total. The fourth-order valence-electron chi connectivity index (χ4n) is 5.40. The van der Waals surface area contributed by atoms with Crippen LogP contribution in [0.5, 0.6) is 0 Å². The van der Waals surface area contributed by atoms with Gasteiger partial charge in [-0.3, -0.25) is 14.5 Å². The van der Waals surface area contributed by atoms with Crippen LogP contribution >= 0.6 is 0 Å². The Balaban J connectivity index is 1.09. The molecule has 0 radical (unpaired) electrons. The number of fused-ring (bicyclic) bond motifs is 2. The summed E-state index contributed by atoms with van der Waals surface area (Å²) in [7, 11) is 0. The summed E-state index contributed by atoms with van der Waals surface area (Å²) in [6, 6.07) is 0. The van der Waals surface area contributed by atoms with Gasteiger partial charge in [0.25, 0.3) is 0 Å². The van der Waals surface area contributed by atoms with Gasteiger partial charge in [-0.05, 0) is 49.9 Å². The first kappa shape index (κ1) is 17.3. The smallest absolute Gasteiger partial charge is 0.225 e. The van der Waals surface area contributed by atoms with Crippen LogP contribution in [0.25, 0.3) is 0 Å². The molecule has 0 aromatic rings. The van der Waals surface area contributed by atoms with E-state index in [4.69, 9.17) is 0 Å². The van der Waals surface area contributed by atoms with Crippen LogP contribution in [0.15, 0.2) is 0 Å². The minimum absolute atomic E-state index is 0.247. The van der Waals surface area contributed by atoms with Crippen molar-refractivity contribution < 1.29 is 9.59 Å². The number of nitrogens with zero attached hydrogens (tertiary/aromatic N) is 2. The van der Waals surface area contributed by atoms with Gasteiger partial charge in [-0.2, -0.15) is 0 Å². The monoisotopic (exact) mass is 347 g/mol. The minimum Gasteiger partial charge on any atom is -0.355 e. The quantitative estimate of drug-likeness (QED) is 0.798. The highest BCUT2D eigenvalue weighted by Crippen LogP contribution is 2.49. The molecular weight excluding hydrogens is 314 g/mol. The molecule has 4 fully saturated rings. The first-order chi connectivity index (χ1) is 12.2. The van der Waals surface area contributed by atoms with Crippen LogP contribution in [-0.2, 0) is 9.59 Å². The average molecular weight is 348 g/mol. The van der Waals surface area contributed by atoms with Gasteiger partial charge in [0.15, 0.2) is 0 Å². The Bertz CT molecular complexity index is 497.